The van der Waals surface area contributed by atoms with Crippen LogP contribution in [0.15, 0.2) is 42.5 Å². The monoisotopic (exact) mass is 309 g/mol. The topological polar surface area (TPSA) is 66.4 Å². The second-order valence-corrected chi connectivity index (χ2v) is 6.13. The lowest BCUT2D eigenvalue weighted by Gasteiger charge is -2.08. The quantitative estimate of drug-likeness (QED) is 0.904. The fourth-order valence-corrected chi connectivity index (χ4v) is 3.05. The van der Waals surface area contributed by atoms with Crippen molar-refractivity contribution in [3.63, 3.8) is 0 Å². The van der Waals surface area contributed by atoms with Gasteiger partial charge in [-0.3, -0.25) is 4.79 Å². The van der Waals surface area contributed by atoms with Gasteiger partial charge in [0, 0.05) is 11.6 Å². The third kappa shape index (κ3) is 3.11. The SMILES string of the molecule is Cc1cc(NC(=O)C2CC2c2ccccc2C)ccc1C(=O)O. The number of amides is 1. The van der Waals surface area contributed by atoms with Gasteiger partial charge in [0.15, 0.2) is 0 Å². The van der Waals surface area contributed by atoms with Crippen molar-refractivity contribution in [1.82, 2.24) is 0 Å². The summed E-state index contributed by atoms with van der Waals surface area (Å²) < 4.78 is 0. The minimum Gasteiger partial charge on any atom is -0.478 e. The Bertz CT molecular complexity index is 782. The van der Waals surface area contributed by atoms with Crippen molar-refractivity contribution in [3.05, 3.63) is 64.7 Å². The van der Waals surface area contributed by atoms with E-state index in [9.17, 15) is 9.59 Å². The van der Waals surface area contributed by atoms with Crippen LogP contribution in [0.2, 0.25) is 0 Å². The molecule has 0 heterocycles. The standard InChI is InChI=1S/C19H19NO3/c1-11-5-3-4-6-14(11)16-10-17(16)18(21)20-13-7-8-15(19(22)23)12(2)9-13/h3-9,16-17H,10H2,1-2H3,(H,20,21)(H,22,23). The zero-order chi connectivity index (χ0) is 16.6. The summed E-state index contributed by atoms with van der Waals surface area (Å²) in [5.74, 6) is -0.672. The number of nitrogens with one attached hydrogen (secondary N) is 1. The Kier molecular flexibility index (Phi) is 3.90. The number of hydrogen-bond acceptors (Lipinski definition) is 2. The van der Waals surface area contributed by atoms with Gasteiger partial charge in [0.05, 0.1) is 5.56 Å². The summed E-state index contributed by atoms with van der Waals surface area (Å²) in [7, 11) is 0. The lowest BCUT2D eigenvalue weighted by Crippen LogP contribution is -2.15. The van der Waals surface area contributed by atoms with E-state index in [1.165, 1.54) is 17.2 Å². The van der Waals surface area contributed by atoms with Crippen molar-refractivity contribution in [3.8, 4) is 0 Å². The van der Waals surface area contributed by atoms with E-state index < -0.39 is 5.97 Å². The van der Waals surface area contributed by atoms with Gasteiger partial charge in [0.1, 0.15) is 0 Å². The van der Waals surface area contributed by atoms with E-state index in [-0.39, 0.29) is 23.3 Å². The Morgan fingerprint density at radius 2 is 1.83 bits per heavy atom. The molecule has 2 aromatic carbocycles. The van der Waals surface area contributed by atoms with E-state index in [1.54, 1.807) is 19.1 Å². The number of aromatic carboxylic acids is 1. The molecule has 1 amide bonds. The van der Waals surface area contributed by atoms with Crippen molar-refractivity contribution in [2.45, 2.75) is 26.2 Å². The molecule has 1 aliphatic carbocycles. The number of carbonyl (C=O) groups is 2. The number of carbonyl (C=O) groups excluding carboxylic acids is 1. The molecule has 23 heavy (non-hydrogen) atoms. The Morgan fingerprint density at radius 1 is 1.09 bits per heavy atom. The molecule has 0 bridgehead atoms. The predicted octanol–water partition coefficient (Wildman–Crippen LogP) is 3.74. The molecule has 0 aliphatic heterocycles. The lowest BCUT2D eigenvalue weighted by atomic mass is 10.0. The number of rotatable bonds is 4. The Morgan fingerprint density at radius 3 is 2.48 bits per heavy atom. The molecule has 2 unspecified atom stereocenters. The molecule has 4 heteroatoms. The molecule has 2 atom stereocenters. The summed E-state index contributed by atoms with van der Waals surface area (Å²) in [5.41, 5.74) is 4.00. The zero-order valence-corrected chi connectivity index (χ0v) is 13.2. The van der Waals surface area contributed by atoms with Crippen LogP contribution in [0.1, 0.15) is 39.4 Å². The maximum absolute atomic E-state index is 12.4. The number of hydrogen-bond donors (Lipinski definition) is 2. The fraction of sp³-hybridized carbons (Fsp3) is 0.263. The maximum atomic E-state index is 12.4. The summed E-state index contributed by atoms with van der Waals surface area (Å²) in [6.45, 7) is 3.79. The Labute approximate surface area is 135 Å². The molecule has 1 aliphatic rings. The van der Waals surface area contributed by atoms with Gasteiger partial charge in [-0.15, -0.1) is 0 Å². The van der Waals surface area contributed by atoms with E-state index in [0.29, 0.717) is 11.3 Å². The highest BCUT2D eigenvalue weighted by molar-refractivity contribution is 5.96. The van der Waals surface area contributed by atoms with E-state index in [4.69, 9.17) is 5.11 Å². The van der Waals surface area contributed by atoms with Gasteiger partial charge in [0.25, 0.3) is 0 Å². The Hall–Kier alpha value is -2.62. The molecule has 4 nitrogen and oxygen atoms in total. The van der Waals surface area contributed by atoms with Crippen LogP contribution in [0.3, 0.4) is 0 Å². The second kappa shape index (κ2) is 5.88. The average Bonchev–Trinajstić information content (AvgIpc) is 3.28. The molecule has 118 valence electrons. The van der Waals surface area contributed by atoms with Crippen LogP contribution in [0.5, 0.6) is 0 Å². The molecule has 1 saturated carbocycles. The first-order valence-electron chi connectivity index (χ1n) is 7.67. The average molecular weight is 309 g/mol. The summed E-state index contributed by atoms with van der Waals surface area (Å²) in [6, 6.07) is 13.0. The van der Waals surface area contributed by atoms with E-state index >= 15 is 0 Å². The summed E-state index contributed by atoms with van der Waals surface area (Å²) in [5, 5.41) is 11.9. The van der Waals surface area contributed by atoms with Crippen LogP contribution in [0.4, 0.5) is 5.69 Å². The van der Waals surface area contributed by atoms with Crippen molar-refractivity contribution < 1.29 is 14.7 Å². The largest absolute Gasteiger partial charge is 0.478 e. The van der Waals surface area contributed by atoms with Crippen molar-refractivity contribution >= 4 is 17.6 Å². The van der Waals surface area contributed by atoms with Gasteiger partial charge in [-0.05, 0) is 61.1 Å². The van der Waals surface area contributed by atoms with Gasteiger partial charge in [-0.2, -0.15) is 0 Å². The first-order valence-corrected chi connectivity index (χ1v) is 7.67. The van der Waals surface area contributed by atoms with Gasteiger partial charge in [-0.25, -0.2) is 4.79 Å². The first-order chi connectivity index (χ1) is 11.0. The van der Waals surface area contributed by atoms with Crippen molar-refractivity contribution in [2.24, 2.45) is 5.92 Å². The summed E-state index contributed by atoms with van der Waals surface area (Å²) in [6.07, 6.45) is 0.864. The van der Waals surface area contributed by atoms with Crippen LogP contribution in [0.25, 0.3) is 0 Å². The normalized spacial score (nSPS) is 19.2. The van der Waals surface area contributed by atoms with Crippen molar-refractivity contribution in [2.75, 3.05) is 5.32 Å². The molecular formula is C19H19NO3. The predicted molar refractivity (Wildman–Crippen MR) is 88.8 cm³/mol. The van der Waals surface area contributed by atoms with Gasteiger partial charge in [-0.1, -0.05) is 24.3 Å². The van der Waals surface area contributed by atoms with E-state index in [0.717, 1.165) is 6.42 Å². The number of benzene rings is 2. The maximum Gasteiger partial charge on any atom is 0.335 e. The van der Waals surface area contributed by atoms with Crippen LogP contribution < -0.4 is 5.32 Å². The minimum atomic E-state index is -0.956. The number of aryl methyl sites for hydroxylation is 2. The highest BCUT2D eigenvalue weighted by atomic mass is 16.4. The molecule has 3 rings (SSSR count). The molecule has 0 saturated heterocycles. The number of carboxylic acid groups (broad SMARTS) is 1. The van der Waals surface area contributed by atoms with Crippen LogP contribution >= 0.6 is 0 Å². The Balaban J connectivity index is 1.68. The van der Waals surface area contributed by atoms with Crippen LogP contribution in [-0.2, 0) is 4.79 Å². The summed E-state index contributed by atoms with van der Waals surface area (Å²) >= 11 is 0. The molecule has 0 aromatic heterocycles. The lowest BCUT2D eigenvalue weighted by molar-refractivity contribution is -0.117. The first kappa shape index (κ1) is 15.3. The minimum absolute atomic E-state index is 0.000674. The van der Waals surface area contributed by atoms with Crippen LogP contribution in [-0.4, -0.2) is 17.0 Å². The highest BCUT2D eigenvalue weighted by Gasteiger charge is 2.44. The van der Waals surface area contributed by atoms with E-state index in [2.05, 4.69) is 24.4 Å². The fourth-order valence-electron chi connectivity index (χ4n) is 3.05. The number of carboxylic acids is 1. The smallest absolute Gasteiger partial charge is 0.335 e. The van der Waals surface area contributed by atoms with Gasteiger partial charge in [0.2, 0.25) is 5.91 Å². The molecule has 0 spiro atoms. The second-order valence-electron chi connectivity index (χ2n) is 6.13. The third-order valence-electron chi connectivity index (χ3n) is 4.44. The van der Waals surface area contributed by atoms with Gasteiger partial charge < -0.3 is 10.4 Å². The molecule has 0 radical (unpaired) electrons. The molecule has 2 N–H and O–H groups in total. The van der Waals surface area contributed by atoms with Crippen molar-refractivity contribution in [1.29, 1.82) is 0 Å². The third-order valence-corrected chi connectivity index (χ3v) is 4.44. The number of anilines is 1. The summed E-state index contributed by atoms with van der Waals surface area (Å²) in [4.78, 5) is 23.4. The van der Waals surface area contributed by atoms with Gasteiger partial charge >= 0.3 is 5.97 Å². The highest BCUT2D eigenvalue weighted by Crippen LogP contribution is 2.48. The molecule has 1 fully saturated rings. The zero-order valence-electron chi connectivity index (χ0n) is 13.2. The van der Waals surface area contributed by atoms with E-state index in [1.807, 2.05) is 12.1 Å². The molecular weight excluding hydrogens is 290 g/mol. The van der Waals surface area contributed by atoms with Crippen LogP contribution in [0, 0.1) is 19.8 Å². The molecule has 2 aromatic rings.